The highest BCUT2D eigenvalue weighted by Crippen LogP contribution is 2.04. The van der Waals surface area contributed by atoms with Gasteiger partial charge in [0.15, 0.2) is 0 Å². The van der Waals surface area contributed by atoms with E-state index in [-0.39, 0.29) is 18.4 Å². The van der Waals surface area contributed by atoms with Crippen LogP contribution in [0.4, 0.5) is 4.79 Å². The molecule has 0 aliphatic carbocycles. The van der Waals surface area contributed by atoms with Gasteiger partial charge >= 0.3 is 12.1 Å². The predicted octanol–water partition coefficient (Wildman–Crippen LogP) is -0.109. The van der Waals surface area contributed by atoms with Gasteiger partial charge in [0.2, 0.25) is 0 Å². The van der Waals surface area contributed by atoms with E-state index in [0.29, 0.717) is 26.2 Å². The van der Waals surface area contributed by atoms with Crippen LogP contribution in [0.2, 0.25) is 0 Å². The average molecular weight is 216 g/mol. The first-order valence-corrected chi connectivity index (χ1v) is 5.00. The van der Waals surface area contributed by atoms with Crippen LogP contribution in [-0.2, 0) is 9.53 Å². The minimum absolute atomic E-state index is 0.131. The highest BCUT2D eigenvalue weighted by atomic mass is 16.5. The van der Waals surface area contributed by atoms with E-state index in [1.54, 1.807) is 6.92 Å². The summed E-state index contributed by atoms with van der Waals surface area (Å²) in [6.07, 6.45) is -0.720. The number of piperazine rings is 1. The quantitative estimate of drug-likeness (QED) is 0.644. The minimum Gasteiger partial charge on any atom is -0.466 e. The van der Waals surface area contributed by atoms with Crippen molar-refractivity contribution < 1.29 is 19.4 Å². The Kier molecular flexibility index (Phi) is 4.36. The second-order valence-electron chi connectivity index (χ2n) is 3.39. The van der Waals surface area contributed by atoms with E-state index in [0.717, 1.165) is 0 Å². The molecule has 15 heavy (non-hydrogen) atoms. The summed E-state index contributed by atoms with van der Waals surface area (Å²) in [5, 5.41) is 11.9. The van der Waals surface area contributed by atoms with Crippen molar-refractivity contribution >= 4 is 12.1 Å². The van der Waals surface area contributed by atoms with Crippen LogP contribution in [0, 0.1) is 0 Å². The summed E-state index contributed by atoms with van der Waals surface area (Å²) in [4.78, 5) is 23.2. The van der Waals surface area contributed by atoms with E-state index in [4.69, 9.17) is 9.84 Å². The fourth-order valence-corrected chi connectivity index (χ4v) is 1.56. The molecule has 0 saturated carbocycles. The van der Waals surface area contributed by atoms with Gasteiger partial charge in [0.1, 0.15) is 0 Å². The first kappa shape index (κ1) is 11.8. The number of hydrogen-bond acceptors (Lipinski definition) is 4. The van der Waals surface area contributed by atoms with Crippen molar-refractivity contribution in [3.63, 3.8) is 0 Å². The number of amides is 1. The summed E-state index contributed by atoms with van der Waals surface area (Å²) in [5.74, 6) is -0.290. The number of nitrogens with one attached hydrogen (secondary N) is 1. The van der Waals surface area contributed by atoms with Crippen LogP contribution in [0.25, 0.3) is 0 Å². The molecule has 6 nitrogen and oxygen atoms in total. The SMILES string of the molecule is CCOC(=O)CC1CN(C(=O)O)CCN1. The standard InChI is InChI=1S/C9H16N2O4/c1-2-15-8(12)5-7-6-11(9(13)14)4-3-10-7/h7,10H,2-6H2,1H3,(H,13,14). The molecule has 1 rings (SSSR count). The largest absolute Gasteiger partial charge is 0.466 e. The molecule has 1 atom stereocenters. The lowest BCUT2D eigenvalue weighted by Crippen LogP contribution is -2.52. The topological polar surface area (TPSA) is 78.9 Å². The molecule has 0 radical (unpaired) electrons. The van der Waals surface area contributed by atoms with Gasteiger partial charge in [-0.05, 0) is 6.92 Å². The van der Waals surface area contributed by atoms with E-state index < -0.39 is 6.09 Å². The molecule has 1 unspecified atom stereocenters. The average Bonchev–Trinajstić information content (AvgIpc) is 2.18. The molecule has 0 aromatic carbocycles. The maximum Gasteiger partial charge on any atom is 0.407 e. The Hall–Kier alpha value is -1.30. The lowest BCUT2D eigenvalue weighted by molar-refractivity contribution is -0.143. The third-order valence-electron chi connectivity index (χ3n) is 2.24. The summed E-state index contributed by atoms with van der Waals surface area (Å²) in [5.41, 5.74) is 0. The van der Waals surface area contributed by atoms with Crippen molar-refractivity contribution in [1.82, 2.24) is 10.2 Å². The van der Waals surface area contributed by atoms with E-state index in [1.165, 1.54) is 4.90 Å². The maximum atomic E-state index is 11.2. The fraction of sp³-hybridized carbons (Fsp3) is 0.778. The lowest BCUT2D eigenvalue weighted by Gasteiger charge is -2.31. The number of nitrogens with zero attached hydrogens (tertiary/aromatic N) is 1. The molecular weight excluding hydrogens is 200 g/mol. The van der Waals surface area contributed by atoms with Crippen molar-refractivity contribution in [2.24, 2.45) is 0 Å². The first-order valence-electron chi connectivity index (χ1n) is 5.00. The second-order valence-corrected chi connectivity index (χ2v) is 3.39. The third kappa shape index (κ3) is 3.75. The van der Waals surface area contributed by atoms with Gasteiger partial charge in [0.05, 0.1) is 13.0 Å². The number of ether oxygens (including phenoxy) is 1. The van der Waals surface area contributed by atoms with Crippen molar-refractivity contribution in [2.75, 3.05) is 26.2 Å². The molecule has 2 N–H and O–H groups in total. The Labute approximate surface area is 88.2 Å². The van der Waals surface area contributed by atoms with Crippen LogP contribution < -0.4 is 5.32 Å². The summed E-state index contributed by atoms with van der Waals surface area (Å²) in [6, 6.07) is -0.131. The highest BCUT2D eigenvalue weighted by molar-refractivity contribution is 5.70. The second kappa shape index (κ2) is 5.55. The van der Waals surface area contributed by atoms with Crippen LogP contribution in [-0.4, -0.2) is 54.4 Å². The minimum atomic E-state index is -0.939. The van der Waals surface area contributed by atoms with E-state index in [2.05, 4.69) is 5.32 Å². The van der Waals surface area contributed by atoms with Gasteiger partial charge in [-0.1, -0.05) is 0 Å². The monoisotopic (exact) mass is 216 g/mol. The van der Waals surface area contributed by atoms with E-state index in [9.17, 15) is 9.59 Å². The molecule has 0 aromatic rings. The van der Waals surface area contributed by atoms with Crippen molar-refractivity contribution in [2.45, 2.75) is 19.4 Å². The predicted molar refractivity (Wildman–Crippen MR) is 52.6 cm³/mol. The van der Waals surface area contributed by atoms with Crippen LogP contribution in [0.3, 0.4) is 0 Å². The van der Waals surface area contributed by atoms with Crippen molar-refractivity contribution in [3.05, 3.63) is 0 Å². The molecule has 1 aliphatic heterocycles. The zero-order valence-electron chi connectivity index (χ0n) is 8.73. The van der Waals surface area contributed by atoms with Gasteiger partial charge in [-0.3, -0.25) is 4.79 Å². The number of hydrogen-bond donors (Lipinski definition) is 2. The van der Waals surface area contributed by atoms with E-state index >= 15 is 0 Å². The molecule has 1 heterocycles. The van der Waals surface area contributed by atoms with Crippen molar-refractivity contribution in [1.29, 1.82) is 0 Å². The van der Waals surface area contributed by atoms with Gasteiger partial charge in [-0.15, -0.1) is 0 Å². The number of carboxylic acid groups (broad SMARTS) is 1. The Morgan fingerprint density at radius 2 is 2.33 bits per heavy atom. The third-order valence-corrected chi connectivity index (χ3v) is 2.24. The molecule has 1 amide bonds. The number of rotatable bonds is 3. The Morgan fingerprint density at radius 3 is 2.93 bits per heavy atom. The normalized spacial score (nSPS) is 21.1. The van der Waals surface area contributed by atoms with Gasteiger partial charge in [0, 0.05) is 25.7 Å². The first-order chi connectivity index (χ1) is 7.13. The fourth-order valence-electron chi connectivity index (χ4n) is 1.56. The molecule has 0 spiro atoms. The molecular formula is C9H16N2O4. The van der Waals surface area contributed by atoms with Crippen LogP contribution in [0.1, 0.15) is 13.3 Å². The molecule has 0 aromatic heterocycles. The van der Waals surface area contributed by atoms with Crippen molar-refractivity contribution in [3.8, 4) is 0 Å². The molecule has 86 valence electrons. The Balaban J connectivity index is 2.36. The number of carbonyl (C=O) groups is 2. The Bertz CT molecular complexity index is 244. The zero-order chi connectivity index (χ0) is 11.3. The summed E-state index contributed by atoms with van der Waals surface area (Å²) < 4.78 is 4.80. The molecule has 1 saturated heterocycles. The van der Waals surface area contributed by atoms with Gasteiger partial charge in [0.25, 0.3) is 0 Å². The molecule has 0 bridgehead atoms. The molecule has 1 fully saturated rings. The van der Waals surface area contributed by atoms with Gasteiger partial charge in [-0.2, -0.15) is 0 Å². The van der Waals surface area contributed by atoms with E-state index in [1.807, 2.05) is 0 Å². The summed E-state index contributed by atoms with van der Waals surface area (Å²) in [6.45, 7) is 3.49. The smallest absolute Gasteiger partial charge is 0.407 e. The summed E-state index contributed by atoms with van der Waals surface area (Å²) in [7, 11) is 0. The van der Waals surface area contributed by atoms with Gasteiger partial charge in [-0.25, -0.2) is 4.79 Å². The Morgan fingerprint density at radius 1 is 1.60 bits per heavy atom. The lowest BCUT2D eigenvalue weighted by atomic mass is 10.1. The van der Waals surface area contributed by atoms with Crippen LogP contribution in [0.15, 0.2) is 0 Å². The highest BCUT2D eigenvalue weighted by Gasteiger charge is 2.24. The zero-order valence-corrected chi connectivity index (χ0v) is 8.73. The maximum absolute atomic E-state index is 11.2. The molecule has 6 heteroatoms. The number of carbonyl (C=O) groups excluding carboxylic acids is 1. The molecule has 1 aliphatic rings. The van der Waals surface area contributed by atoms with Crippen LogP contribution >= 0.6 is 0 Å². The summed E-state index contributed by atoms with van der Waals surface area (Å²) >= 11 is 0. The number of esters is 1. The van der Waals surface area contributed by atoms with Gasteiger partial charge < -0.3 is 20.1 Å². The van der Waals surface area contributed by atoms with Crippen LogP contribution in [0.5, 0.6) is 0 Å².